The second-order valence-corrected chi connectivity index (χ2v) is 4.42. The third-order valence-electron chi connectivity index (χ3n) is 2.86. The predicted octanol–water partition coefficient (Wildman–Crippen LogP) is 3.88. The highest BCUT2D eigenvalue weighted by Gasteiger charge is 2.15. The average molecular weight is 268 g/mol. The first-order valence-corrected chi connectivity index (χ1v) is 5.95. The van der Waals surface area contributed by atoms with Crippen LogP contribution in [0.25, 0.3) is 0 Å². The van der Waals surface area contributed by atoms with E-state index in [4.69, 9.17) is 10.00 Å². The highest BCUT2D eigenvalue weighted by molar-refractivity contribution is 5.53. The summed E-state index contributed by atoms with van der Waals surface area (Å²) >= 11 is 0. The molecule has 0 aromatic heterocycles. The molecular weight excluding hydrogens is 256 g/mol. The fraction of sp³-hybridized carbons (Fsp3) is 0.133. The van der Waals surface area contributed by atoms with Gasteiger partial charge in [0.15, 0.2) is 0 Å². The molecule has 0 amide bonds. The van der Waals surface area contributed by atoms with E-state index < -0.39 is 4.92 Å². The van der Waals surface area contributed by atoms with E-state index >= 15 is 0 Å². The molecular formula is C15H12N2O3. The maximum absolute atomic E-state index is 10.9. The number of nitriles is 1. The van der Waals surface area contributed by atoms with Gasteiger partial charge in [-0.3, -0.25) is 10.1 Å². The minimum absolute atomic E-state index is 0.0170. The Kier molecular flexibility index (Phi) is 3.67. The quantitative estimate of drug-likeness (QED) is 0.625. The van der Waals surface area contributed by atoms with Gasteiger partial charge in [-0.25, -0.2) is 0 Å². The number of hydrogen-bond acceptors (Lipinski definition) is 4. The summed E-state index contributed by atoms with van der Waals surface area (Å²) in [4.78, 5) is 10.3. The Bertz CT molecular complexity index is 718. The molecule has 0 saturated heterocycles. The molecule has 5 nitrogen and oxygen atoms in total. The van der Waals surface area contributed by atoms with Crippen LogP contribution in [-0.2, 0) is 0 Å². The van der Waals surface area contributed by atoms with Crippen LogP contribution in [-0.4, -0.2) is 4.92 Å². The molecule has 0 aliphatic rings. The lowest BCUT2D eigenvalue weighted by atomic mass is 10.1. The van der Waals surface area contributed by atoms with Crippen LogP contribution in [0.2, 0.25) is 0 Å². The third kappa shape index (κ3) is 2.75. The van der Waals surface area contributed by atoms with Gasteiger partial charge in [-0.05, 0) is 43.2 Å². The minimum Gasteiger partial charge on any atom is -0.457 e. The summed E-state index contributed by atoms with van der Waals surface area (Å²) in [6.07, 6.45) is 0. The summed E-state index contributed by atoms with van der Waals surface area (Å²) in [6.45, 7) is 3.83. The van der Waals surface area contributed by atoms with Gasteiger partial charge < -0.3 is 4.74 Å². The van der Waals surface area contributed by atoms with Crippen molar-refractivity contribution in [2.75, 3.05) is 0 Å². The van der Waals surface area contributed by atoms with Crippen LogP contribution >= 0.6 is 0 Å². The minimum atomic E-state index is -0.589. The van der Waals surface area contributed by atoms with Crippen molar-refractivity contribution in [3.05, 3.63) is 63.2 Å². The van der Waals surface area contributed by atoms with Gasteiger partial charge in [-0.2, -0.15) is 5.26 Å². The molecule has 2 aromatic rings. The Balaban J connectivity index is 2.40. The first kappa shape index (κ1) is 13.6. The number of aryl methyl sites for hydroxylation is 2. The second-order valence-electron chi connectivity index (χ2n) is 4.42. The molecule has 0 unspecified atom stereocenters. The van der Waals surface area contributed by atoms with Gasteiger partial charge in [0.1, 0.15) is 23.1 Å². The van der Waals surface area contributed by atoms with E-state index in [2.05, 4.69) is 0 Å². The number of nitrogens with zero attached hydrogens (tertiary/aromatic N) is 2. The molecule has 0 aliphatic heterocycles. The van der Waals surface area contributed by atoms with Crippen LogP contribution < -0.4 is 4.74 Å². The van der Waals surface area contributed by atoms with Gasteiger partial charge in [0, 0.05) is 0 Å². The van der Waals surface area contributed by atoms with Crippen LogP contribution in [0.15, 0.2) is 36.4 Å². The van der Waals surface area contributed by atoms with E-state index in [0.29, 0.717) is 11.5 Å². The van der Waals surface area contributed by atoms with E-state index in [1.54, 1.807) is 12.1 Å². The molecule has 0 N–H and O–H groups in total. The Morgan fingerprint density at radius 2 is 1.95 bits per heavy atom. The smallest absolute Gasteiger partial charge is 0.290 e. The van der Waals surface area contributed by atoms with Gasteiger partial charge in [0.25, 0.3) is 5.69 Å². The zero-order chi connectivity index (χ0) is 14.7. The second kappa shape index (κ2) is 5.41. The van der Waals surface area contributed by atoms with Crippen LogP contribution in [0.5, 0.6) is 11.5 Å². The number of rotatable bonds is 3. The number of nitro benzene ring substituents is 1. The fourth-order valence-corrected chi connectivity index (χ4v) is 1.76. The molecule has 0 heterocycles. The van der Waals surface area contributed by atoms with Crippen molar-refractivity contribution in [2.24, 2.45) is 0 Å². The monoisotopic (exact) mass is 268 g/mol. The van der Waals surface area contributed by atoms with Crippen molar-refractivity contribution in [1.82, 2.24) is 0 Å². The molecule has 5 heteroatoms. The molecule has 0 radical (unpaired) electrons. The van der Waals surface area contributed by atoms with Crippen LogP contribution in [0, 0.1) is 35.3 Å². The Morgan fingerprint density at radius 3 is 2.60 bits per heavy atom. The molecule has 0 fully saturated rings. The highest BCUT2D eigenvalue weighted by atomic mass is 16.6. The van der Waals surface area contributed by atoms with E-state index in [-0.39, 0.29) is 11.3 Å². The largest absolute Gasteiger partial charge is 0.457 e. The lowest BCUT2D eigenvalue weighted by Crippen LogP contribution is -1.94. The summed E-state index contributed by atoms with van der Waals surface area (Å²) in [5.74, 6) is 0.980. The Labute approximate surface area is 116 Å². The van der Waals surface area contributed by atoms with Gasteiger partial charge in [-0.15, -0.1) is 0 Å². The van der Waals surface area contributed by atoms with Crippen molar-refractivity contribution in [3.8, 4) is 17.6 Å². The number of benzene rings is 2. The highest BCUT2D eigenvalue weighted by Crippen LogP contribution is 2.30. The van der Waals surface area contributed by atoms with Gasteiger partial charge in [-0.1, -0.05) is 12.1 Å². The van der Waals surface area contributed by atoms with Crippen molar-refractivity contribution < 1.29 is 9.66 Å². The molecule has 0 bridgehead atoms. The number of ether oxygens (including phenoxy) is 1. The first-order chi connectivity index (χ1) is 9.51. The van der Waals surface area contributed by atoms with Crippen molar-refractivity contribution in [2.45, 2.75) is 13.8 Å². The van der Waals surface area contributed by atoms with Crippen LogP contribution in [0.1, 0.15) is 16.7 Å². The van der Waals surface area contributed by atoms with E-state index in [0.717, 1.165) is 11.1 Å². The Morgan fingerprint density at radius 1 is 1.20 bits per heavy atom. The van der Waals surface area contributed by atoms with Crippen molar-refractivity contribution in [1.29, 1.82) is 5.26 Å². The molecule has 0 saturated carbocycles. The summed E-state index contributed by atoms with van der Waals surface area (Å²) in [7, 11) is 0. The maximum Gasteiger partial charge on any atom is 0.290 e. The molecule has 2 rings (SSSR count). The normalized spacial score (nSPS) is 9.85. The summed E-state index contributed by atoms with van der Waals surface area (Å²) in [5.41, 5.74) is 1.73. The summed E-state index contributed by atoms with van der Waals surface area (Å²) in [6, 6.07) is 11.7. The van der Waals surface area contributed by atoms with Crippen molar-refractivity contribution in [3.63, 3.8) is 0 Å². The standard InChI is InChI=1S/C15H12N2O3/c1-10-3-4-11(2)15(7-10)20-13-6-5-12(9-16)14(8-13)17(18)19/h3-8H,1-2H3. The molecule has 100 valence electrons. The molecule has 2 aromatic carbocycles. The SMILES string of the molecule is Cc1ccc(C)c(Oc2ccc(C#N)c([N+](=O)[O-])c2)c1. The molecule has 0 atom stereocenters. The molecule has 0 aliphatic carbocycles. The van der Waals surface area contributed by atoms with Crippen molar-refractivity contribution >= 4 is 5.69 Å². The van der Waals surface area contributed by atoms with E-state index in [1.165, 1.54) is 12.1 Å². The van der Waals surface area contributed by atoms with E-state index in [9.17, 15) is 10.1 Å². The maximum atomic E-state index is 10.9. The van der Waals surface area contributed by atoms with Gasteiger partial charge in [0.05, 0.1) is 11.0 Å². The number of hydrogen-bond donors (Lipinski definition) is 0. The molecule has 0 spiro atoms. The zero-order valence-electron chi connectivity index (χ0n) is 11.1. The first-order valence-electron chi connectivity index (χ1n) is 5.95. The predicted molar refractivity (Wildman–Crippen MR) is 73.8 cm³/mol. The summed E-state index contributed by atoms with van der Waals surface area (Å²) < 4.78 is 5.67. The topological polar surface area (TPSA) is 76.2 Å². The van der Waals surface area contributed by atoms with Gasteiger partial charge in [0.2, 0.25) is 0 Å². The average Bonchev–Trinajstić information content (AvgIpc) is 2.42. The van der Waals surface area contributed by atoms with Crippen LogP contribution in [0.4, 0.5) is 5.69 Å². The lowest BCUT2D eigenvalue weighted by Gasteiger charge is -2.09. The number of nitro groups is 1. The zero-order valence-corrected chi connectivity index (χ0v) is 11.1. The Hall–Kier alpha value is -2.87. The third-order valence-corrected chi connectivity index (χ3v) is 2.86. The molecule has 20 heavy (non-hydrogen) atoms. The lowest BCUT2D eigenvalue weighted by molar-refractivity contribution is -0.385. The van der Waals surface area contributed by atoms with E-state index in [1.807, 2.05) is 32.0 Å². The van der Waals surface area contributed by atoms with Crippen LogP contribution in [0.3, 0.4) is 0 Å². The summed E-state index contributed by atoms with van der Waals surface area (Å²) in [5, 5.41) is 19.7. The van der Waals surface area contributed by atoms with Gasteiger partial charge >= 0.3 is 0 Å². The fourth-order valence-electron chi connectivity index (χ4n) is 1.76.